The Hall–Kier alpha value is -0.430. The highest BCUT2D eigenvalue weighted by molar-refractivity contribution is 9.11. The molecule has 22 heavy (non-hydrogen) atoms. The second-order valence-corrected chi connectivity index (χ2v) is 8.49. The molecule has 1 spiro atoms. The van der Waals surface area contributed by atoms with Crippen LogP contribution in [0.1, 0.15) is 53.8 Å². The Balaban J connectivity index is 1.72. The zero-order valence-electron chi connectivity index (χ0n) is 12.9. The summed E-state index contributed by atoms with van der Waals surface area (Å²) in [6, 6.07) is 2.06. The van der Waals surface area contributed by atoms with Gasteiger partial charge in [0.05, 0.1) is 24.1 Å². The number of thiophene rings is 1. The molecule has 0 aromatic carbocycles. The average Bonchev–Trinajstić information content (AvgIpc) is 3.14. The number of hydrogen-bond acceptors (Lipinski definition) is 5. The molecule has 6 heteroatoms. The lowest BCUT2D eigenvalue weighted by Gasteiger charge is -2.37. The lowest BCUT2D eigenvalue weighted by molar-refractivity contribution is -0.183. The molecule has 122 valence electrons. The van der Waals surface area contributed by atoms with Gasteiger partial charge in [-0.15, -0.1) is 11.3 Å². The van der Waals surface area contributed by atoms with E-state index < -0.39 is 0 Å². The van der Waals surface area contributed by atoms with E-state index in [-0.39, 0.29) is 11.8 Å². The van der Waals surface area contributed by atoms with Gasteiger partial charge in [-0.1, -0.05) is 6.92 Å². The molecule has 1 saturated carbocycles. The van der Waals surface area contributed by atoms with E-state index in [1.165, 1.54) is 18.4 Å². The summed E-state index contributed by atoms with van der Waals surface area (Å²) in [6.45, 7) is 3.63. The minimum atomic E-state index is -0.323. The molecule has 1 unspecified atom stereocenters. The zero-order valence-corrected chi connectivity index (χ0v) is 15.3. The van der Waals surface area contributed by atoms with Crippen LogP contribution in [0.15, 0.2) is 9.85 Å². The predicted molar refractivity (Wildman–Crippen MR) is 88.4 cm³/mol. The van der Waals surface area contributed by atoms with Gasteiger partial charge >= 0.3 is 5.97 Å². The summed E-state index contributed by atoms with van der Waals surface area (Å²) in [6.07, 6.45) is 4.02. The number of ether oxygens (including phenoxy) is 3. The fraction of sp³-hybridized carbons (Fsp3) is 0.688. The summed E-state index contributed by atoms with van der Waals surface area (Å²) in [7, 11) is 1.43. The largest absolute Gasteiger partial charge is 0.465 e. The van der Waals surface area contributed by atoms with E-state index in [4.69, 9.17) is 14.2 Å². The molecule has 0 radical (unpaired) electrons. The topological polar surface area (TPSA) is 44.8 Å². The lowest BCUT2D eigenvalue weighted by Crippen LogP contribution is -2.36. The number of carbonyl (C=O) groups is 1. The van der Waals surface area contributed by atoms with E-state index in [0.717, 1.165) is 39.9 Å². The van der Waals surface area contributed by atoms with E-state index in [1.54, 1.807) is 0 Å². The van der Waals surface area contributed by atoms with Gasteiger partial charge in [-0.3, -0.25) is 0 Å². The van der Waals surface area contributed by atoms with Crippen molar-refractivity contribution in [3.8, 4) is 0 Å². The molecule has 0 N–H and O–H groups in total. The molecular formula is C16H21BrO4S. The number of carbonyl (C=O) groups excluding carboxylic acids is 1. The van der Waals surface area contributed by atoms with Crippen LogP contribution in [0, 0.1) is 5.92 Å². The van der Waals surface area contributed by atoms with E-state index in [0.29, 0.717) is 25.0 Å². The van der Waals surface area contributed by atoms with Gasteiger partial charge in [0.15, 0.2) is 5.79 Å². The minimum Gasteiger partial charge on any atom is -0.465 e. The van der Waals surface area contributed by atoms with Crippen molar-refractivity contribution in [2.45, 2.75) is 44.3 Å². The van der Waals surface area contributed by atoms with Crippen molar-refractivity contribution >= 4 is 33.2 Å². The summed E-state index contributed by atoms with van der Waals surface area (Å²) < 4.78 is 17.5. The molecule has 1 saturated heterocycles. The quantitative estimate of drug-likeness (QED) is 0.722. The maximum atomic E-state index is 12.0. The molecule has 0 bridgehead atoms. The second kappa shape index (κ2) is 6.59. The molecule has 1 aliphatic heterocycles. The molecule has 2 aliphatic rings. The van der Waals surface area contributed by atoms with Crippen LogP contribution in [0.4, 0.5) is 0 Å². The molecule has 2 fully saturated rings. The summed E-state index contributed by atoms with van der Waals surface area (Å²) in [5.41, 5.74) is 1.10. The third-order valence-electron chi connectivity index (χ3n) is 4.90. The third-order valence-corrected chi connectivity index (χ3v) is 6.54. The smallest absolute Gasteiger partial charge is 0.348 e. The summed E-state index contributed by atoms with van der Waals surface area (Å²) in [4.78, 5) is 12.7. The van der Waals surface area contributed by atoms with E-state index in [9.17, 15) is 4.79 Å². The maximum Gasteiger partial charge on any atom is 0.348 e. The summed E-state index contributed by atoms with van der Waals surface area (Å²) in [5, 5.41) is 0. The van der Waals surface area contributed by atoms with Crippen LogP contribution in [0.3, 0.4) is 0 Å². The van der Waals surface area contributed by atoms with Gasteiger partial charge in [-0.25, -0.2) is 4.79 Å². The molecule has 1 atom stereocenters. The lowest BCUT2D eigenvalue weighted by atomic mass is 9.76. The molecule has 3 rings (SSSR count). The normalized spacial score (nSPS) is 22.9. The summed E-state index contributed by atoms with van der Waals surface area (Å²) >= 11 is 4.94. The predicted octanol–water partition coefficient (Wildman–Crippen LogP) is 4.33. The molecule has 1 aromatic heterocycles. The van der Waals surface area contributed by atoms with Crippen LogP contribution in [0.25, 0.3) is 0 Å². The van der Waals surface area contributed by atoms with Crippen molar-refractivity contribution in [2.24, 2.45) is 5.92 Å². The Morgan fingerprint density at radius 2 is 2.05 bits per heavy atom. The molecule has 4 nitrogen and oxygen atoms in total. The molecule has 1 aliphatic carbocycles. The number of esters is 1. The fourth-order valence-electron chi connectivity index (χ4n) is 3.58. The Morgan fingerprint density at radius 1 is 1.41 bits per heavy atom. The van der Waals surface area contributed by atoms with Crippen LogP contribution in [-0.2, 0) is 14.2 Å². The second-order valence-electron chi connectivity index (χ2n) is 6.06. The van der Waals surface area contributed by atoms with Crippen molar-refractivity contribution in [3.63, 3.8) is 0 Å². The highest BCUT2D eigenvalue weighted by Crippen LogP contribution is 2.45. The van der Waals surface area contributed by atoms with Crippen molar-refractivity contribution < 1.29 is 19.0 Å². The Morgan fingerprint density at radius 3 is 2.64 bits per heavy atom. The van der Waals surface area contributed by atoms with E-state index in [1.807, 2.05) is 0 Å². The van der Waals surface area contributed by atoms with Crippen molar-refractivity contribution in [2.75, 3.05) is 20.3 Å². The third kappa shape index (κ3) is 3.11. The number of halogens is 1. The van der Waals surface area contributed by atoms with Crippen molar-refractivity contribution in [1.82, 2.24) is 0 Å². The number of hydrogen-bond donors (Lipinski definition) is 0. The molecule has 1 aromatic rings. The maximum absolute atomic E-state index is 12.0. The van der Waals surface area contributed by atoms with Gasteiger partial charge in [0.1, 0.15) is 4.88 Å². The monoisotopic (exact) mass is 388 g/mol. The number of methoxy groups -OCH3 is 1. The van der Waals surface area contributed by atoms with Gasteiger partial charge in [-0.05, 0) is 52.2 Å². The standard InChI is InChI=1S/C16H21BrO4S/c1-10(12-9-13(17)22-14(12)15(18)19-2)11-3-5-16(6-4-11)20-7-8-21-16/h9-11H,3-8H2,1-2H3. The Kier molecular flexibility index (Phi) is 4.92. The van der Waals surface area contributed by atoms with Gasteiger partial charge in [0, 0.05) is 12.8 Å². The molecular weight excluding hydrogens is 368 g/mol. The van der Waals surface area contributed by atoms with Gasteiger partial charge in [0.2, 0.25) is 0 Å². The van der Waals surface area contributed by atoms with Crippen LogP contribution >= 0.6 is 27.3 Å². The molecule has 0 amide bonds. The van der Waals surface area contributed by atoms with Crippen molar-refractivity contribution in [3.05, 3.63) is 20.3 Å². The molecule has 2 heterocycles. The Labute approximate surface area is 143 Å². The van der Waals surface area contributed by atoms with Crippen LogP contribution in [0.2, 0.25) is 0 Å². The first-order chi connectivity index (χ1) is 10.5. The SMILES string of the molecule is COC(=O)c1sc(Br)cc1C(C)C1CCC2(CC1)OCCO2. The highest BCUT2D eigenvalue weighted by Gasteiger charge is 2.42. The first-order valence-corrected chi connectivity index (χ1v) is 9.31. The van der Waals surface area contributed by atoms with Gasteiger partial charge in [0.25, 0.3) is 0 Å². The fourth-order valence-corrected chi connectivity index (χ4v) is 5.23. The van der Waals surface area contributed by atoms with E-state index >= 15 is 0 Å². The minimum absolute atomic E-state index is 0.243. The van der Waals surface area contributed by atoms with Gasteiger partial charge < -0.3 is 14.2 Å². The average molecular weight is 389 g/mol. The van der Waals surface area contributed by atoms with Crippen LogP contribution in [0.5, 0.6) is 0 Å². The van der Waals surface area contributed by atoms with Crippen LogP contribution < -0.4 is 0 Å². The first kappa shape index (κ1) is 16.4. The first-order valence-electron chi connectivity index (χ1n) is 7.70. The summed E-state index contributed by atoms with van der Waals surface area (Å²) in [5.74, 6) is 0.308. The van der Waals surface area contributed by atoms with Crippen molar-refractivity contribution in [1.29, 1.82) is 0 Å². The zero-order chi connectivity index (χ0) is 15.7. The van der Waals surface area contributed by atoms with Crippen LogP contribution in [-0.4, -0.2) is 32.1 Å². The number of rotatable bonds is 3. The highest BCUT2D eigenvalue weighted by atomic mass is 79.9. The van der Waals surface area contributed by atoms with Gasteiger partial charge in [-0.2, -0.15) is 0 Å². The van der Waals surface area contributed by atoms with E-state index in [2.05, 4.69) is 28.9 Å². The Bertz CT molecular complexity index is 540.